The zero-order chi connectivity index (χ0) is 5.70. The second-order valence-electron chi connectivity index (χ2n) is 1.22. The molecule has 0 heterocycles. The van der Waals surface area contributed by atoms with Gasteiger partial charge in [0.05, 0.1) is 0 Å². The molecule has 2 N–H and O–H groups in total. The second kappa shape index (κ2) is 4.27. The van der Waals surface area contributed by atoms with Gasteiger partial charge in [0.2, 0.25) is 0 Å². The van der Waals surface area contributed by atoms with E-state index in [0.29, 0.717) is 12.3 Å². The van der Waals surface area contributed by atoms with Gasteiger partial charge in [0.1, 0.15) is 0 Å². The number of rotatable bonds is 3. The quantitative estimate of drug-likeness (QED) is 0.557. The molecule has 0 amide bonds. The second-order valence-corrected chi connectivity index (χ2v) is 3.09. The van der Waals surface area contributed by atoms with E-state index in [1.54, 1.807) is 0 Å². The first-order valence-corrected chi connectivity index (χ1v) is 3.85. The third-order valence-corrected chi connectivity index (χ3v) is 2.00. The van der Waals surface area contributed by atoms with E-state index in [1.165, 1.54) is 0 Å². The van der Waals surface area contributed by atoms with E-state index < -0.39 is 10.8 Å². The third-order valence-electron chi connectivity index (χ3n) is 0.667. The summed E-state index contributed by atoms with van der Waals surface area (Å²) in [6.07, 6.45) is 0. The molecule has 44 valence electrons. The Morgan fingerprint density at radius 2 is 2.29 bits per heavy atom. The molecule has 0 aliphatic carbocycles. The van der Waals surface area contributed by atoms with Gasteiger partial charge in [0, 0.05) is 28.9 Å². The van der Waals surface area contributed by atoms with Crippen molar-refractivity contribution in [3.05, 3.63) is 0 Å². The fourth-order valence-corrected chi connectivity index (χ4v) is 0.827. The Balaban J connectivity index is 3.00. The van der Waals surface area contributed by atoms with Gasteiger partial charge in [-0.3, -0.25) is 4.21 Å². The standard InChI is InChI=1S/C4H11NOS/c1-2-7(6)4-3-5/h2-5H2,1H3/t7-/m1/s1. The Morgan fingerprint density at radius 1 is 1.71 bits per heavy atom. The smallest absolute Gasteiger partial charge is 0.0357 e. The molecular formula is C4H11NOS. The molecule has 0 spiro atoms. The van der Waals surface area contributed by atoms with E-state index in [0.717, 1.165) is 5.75 Å². The van der Waals surface area contributed by atoms with Gasteiger partial charge in [0.15, 0.2) is 0 Å². The number of nitrogens with two attached hydrogens (primary N) is 1. The molecule has 0 aromatic rings. The SMILES string of the molecule is CC[S@@](=O)CCN. The summed E-state index contributed by atoms with van der Waals surface area (Å²) in [7, 11) is -0.652. The molecule has 0 fully saturated rings. The first kappa shape index (κ1) is 7.11. The predicted octanol–water partition coefficient (Wildman–Crippen LogP) is -0.286. The highest BCUT2D eigenvalue weighted by Crippen LogP contribution is 1.75. The van der Waals surface area contributed by atoms with E-state index in [4.69, 9.17) is 5.73 Å². The minimum atomic E-state index is -0.652. The summed E-state index contributed by atoms with van der Waals surface area (Å²) >= 11 is 0. The lowest BCUT2D eigenvalue weighted by Crippen LogP contribution is -2.10. The van der Waals surface area contributed by atoms with Gasteiger partial charge in [-0.1, -0.05) is 6.92 Å². The van der Waals surface area contributed by atoms with Gasteiger partial charge in [-0.2, -0.15) is 0 Å². The molecule has 3 heteroatoms. The number of hydrogen-bond donors (Lipinski definition) is 1. The monoisotopic (exact) mass is 121 g/mol. The van der Waals surface area contributed by atoms with E-state index in [-0.39, 0.29) is 0 Å². The van der Waals surface area contributed by atoms with E-state index in [2.05, 4.69) is 0 Å². The van der Waals surface area contributed by atoms with Crippen molar-refractivity contribution >= 4 is 10.8 Å². The average Bonchev–Trinajstić information content (AvgIpc) is 1.68. The predicted molar refractivity (Wildman–Crippen MR) is 32.6 cm³/mol. The fraction of sp³-hybridized carbons (Fsp3) is 1.00. The zero-order valence-corrected chi connectivity index (χ0v) is 5.33. The highest BCUT2D eigenvalue weighted by Gasteiger charge is 1.88. The van der Waals surface area contributed by atoms with Crippen LogP contribution in [0.1, 0.15) is 6.92 Å². The highest BCUT2D eigenvalue weighted by atomic mass is 32.2. The molecule has 0 aromatic carbocycles. The molecule has 7 heavy (non-hydrogen) atoms. The molecule has 0 radical (unpaired) electrons. The van der Waals surface area contributed by atoms with Crippen molar-refractivity contribution in [2.45, 2.75) is 6.92 Å². The summed E-state index contributed by atoms with van der Waals surface area (Å²) in [5.74, 6) is 1.38. The van der Waals surface area contributed by atoms with Gasteiger partial charge in [0.25, 0.3) is 0 Å². The first-order valence-electron chi connectivity index (χ1n) is 2.36. The Bertz CT molecular complexity index is 64.7. The maximum Gasteiger partial charge on any atom is 0.0357 e. The van der Waals surface area contributed by atoms with Crippen molar-refractivity contribution in [2.75, 3.05) is 18.1 Å². The van der Waals surface area contributed by atoms with Gasteiger partial charge in [-0.15, -0.1) is 0 Å². The summed E-state index contributed by atoms with van der Waals surface area (Å²) in [4.78, 5) is 0. The van der Waals surface area contributed by atoms with Crippen LogP contribution < -0.4 is 5.73 Å². The van der Waals surface area contributed by atoms with Crippen molar-refractivity contribution in [1.29, 1.82) is 0 Å². The molecule has 0 aliphatic heterocycles. The Kier molecular flexibility index (Phi) is 4.34. The molecule has 0 rings (SSSR count). The van der Waals surface area contributed by atoms with Crippen LogP contribution in [0, 0.1) is 0 Å². The van der Waals surface area contributed by atoms with E-state index in [1.807, 2.05) is 6.92 Å². The minimum Gasteiger partial charge on any atom is -0.330 e. The van der Waals surface area contributed by atoms with E-state index in [9.17, 15) is 4.21 Å². The van der Waals surface area contributed by atoms with Crippen LogP contribution in [-0.4, -0.2) is 22.3 Å². The molecule has 0 aliphatic rings. The van der Waals surface area contributed by atoms with E-state index >= 15 is 0 Å². The number of hydrogen-bond acceptors (Lipinski definition) is 2. The largest absolute Gasteiger partial charge is 0.330 e. The summed E-state index contributed by atoms with van der Waals surface area (Å²) in [6.45, 7) is 2.44. The maximum atomic E-state index is 10.4. The van der Waals surface area contributed by atoms with Crippen LogP contribution in [0.5, 0.6) is 0 Å². The Morgan fingerprint density at radius 3 is 2.43 bits per heavy atom. The summed E-state index contributed by atoms with van der Waals surface area (Å²) in [6, 6.07) is 0. The summed E-state index contributed by atoms with van der Waals surface area (Å²) in [5.41, 5.74) is 5.11. The molecule has 0 saturated heterocycles. The molecule has 2 nitrogen and oxygen atoms in total. The lowest BCUT2D eigenvalue weighted by atomic mass is 10.8. The lowest BCUT2D eigenvalue weighted by Gasteiger charge is -1.89. The normalized spacial score (nSPS) is 14.0. The maximum absolute atomic E-state index is 10.4. The van der Waals surface area contributed by atoms with Crippen LogP contribution in [0.15, 0.2) is 0 Å². The van der Waals surface area contributed by atoms with Crippen LogP contribution in [0.25, 0.3) is 0 Å². The van der Waals surface area contributed by atoms with Crippen LogP contribution >= 0.6 is 0 Å². The molecule has 1 atom stereocenters. The Labute approximate surface area is 46.5 Å². The van der Waals surface area contributed by atoms with Crippen molar-refractivity contribution in [3.8, 4) is 0 Å². The molecule has 0 bridgehead atoms. The topological polar surface area (TPSA) is 43.1 Å². The van der Waals surface area contributed by atoms with Crippen LogP contribution in [0.4, 0.5) is 0 Å². The zero-order valence-electron chi connectivity index (χ0n) is 4.52. The van der Waals surface area contributed by atoms with Crippen LogP contribution in [-0.2, 0) is 10.8 Å². The minimum absolute atomic E-state index is 0.542. The molecular weight excluding hydrogens is 110 g/mol. The first-order chi connectivity index (χ1) is 3.31. The highest BCUT2D eigenvalue weighted by molar-refractivity contribution is 7.84. The molecule has 0 unspecified atom stereocenters. The van der Waals surface area contributed by atoms with Gasteiger partial charge < -0.3 is 5.73 Å². The van der Waals surface area contributed by atoms with Crippen LogP contribution in [0.3, 0.4) is 0 Å². The van der Waals surface area contributed by atoms with Crippen molar-refractivity contribution in [1.82, 2.24) is 0 Å². The lowest BCUT2D eigenvalue weighted by molar-refractivity contribution is 0.683. The molecule has 0 aromatic heterocycles. The van der Waals surface area contributed by atoms with Gasteiger partial charge in [-0.05, 0) is 0 Å². The van der Waals surface area contributed by atoms with Gasteiger partial charge in [-0.25, -0.2) is 0 Å². The van der Waals surface area contributed by atoms with Gasteiger partial charge >= 0.3 is 0 Å². The summed E-state index contributed by atoms with van der Waals surface area (Å²) < 4.78 is 10.4. The fourth-order valence-electron chi connectivity index (χ4n) is 0.276. The Hall–Kier alpha value is 0.110. The van der Waals surface area contributed by atoms with Crippen molar-refractivity contribution < 1.29 is 4.21 Å². The van der Waals surface area contributed by atoms with Crippen molar-refractivity contribution in [3.63, 3.8) is 0 Å². The summed E-state index contributed by atoms with van der Waals surface area (Å²) in [5, 5.41) is 0. The van der Waals surface area contributed by atoms with Crippen molar-refractivity contribution in [2.24, 2.45) is 5.73 Å². The van der Waals surface area contributed by atoms with Crippen LogP contribution in [0.2, 0.25) is 0 Å². The molecule has 0 saturated carbocycles. The third kappa shape index (κ3) is 3.95. The average molecular weight is 121 g/mol.